The number of hydrogen-bond donors (Lipinski definition) is 1. The van der Waals surface area contributed by atoms with Gasteiger partial charge < -0.3 is 23.9 Å². The van der Waals surface area contributed by atoms with E-state index >= 15 is 0 Å². The average molecular weight is 475 g/mol. The molecule has 0 aliphatic carbocycles. The quantitative estimate of drug-likeness (QED) is 0.533. The molecule has 0 radical (unpaired) electrons. The fraction of sp³-hybridized carbons (Fsp3) is 0.348. The lowest BCUT2D eigenvalue weighted by molar-refractivity contribution is -0.0923. The van der Waals surface area contributed by atoms with Crippen molar-refractivity contribution in [3.8, 4) is 11.5 Å². The van der Waals surface area contributed by atoms with Crippen LogP contribution in [-0.2, 0) is 26.0 Å². The fourth-order valence-corrected chi connectivity index (χ4v) is 5.12. The lowest BCUT2D eigenvalue weighted by atomic mass is 10.1. The zero-order chi connectivity index (χ0) is 23.4. The summed E-state index contributed by atoms with van der Waals surface area (Å²) in [4.78, 5) is 15.7. The Morgan fingerprint density at radius 1 is 1.03 bits per heavy atom. The molecule has 0 amide bonds. The Labute approximate surface area is 191 Å². The third-order valence-electron chi connectivity index (χ3n) is 5.47. The minimum Gasteiger partial charge on any atom is -0.497 e. The first kappa shape index (κ1) is 23.2. The van der Waals surface area contributed by atoms with Crippen molar-refractivity contribution in [3.05, 3.63) is 64.4 Å². The van der Waals surface area contributed by atoms with Gasteiger partial charge in [-0.25, -0.2) is 8.42 Å². The molecule has 0 spiro atoms. The van der Waals surface area contributed by atoms with Crippen molar-refractivity contribution in [3.63, 3.8) is 0 Å². The zero-order valence-electron chi connectivity index (χ0n) is 18.4. The van der Waals surface area contributed by atoms with Gasteiger partial charge in [-0.05, 0) is 47.9 Å². The largest absolute Gasteiger partial charge is 0.497 e. The fourth-order valence-electron chi connectivity index (χ4n) is 3.67. The Bertz CT molecular complexity index is 1270. The number of pyridine rings is 1. The van der Waals surface area contributed by atoms with Gasteiger partial charge in [0.1, 0.15) is 11.5 Å². The predicted octanol–water partition coefficient (Wildman–Crippen LogP) is 2.15. The van der Waals surface area contributed by atoms with E-state index in [1.807, 2.05) is 6.07 Å². The number of aromatic nitrogens is 1. The summed E-state index contributed by atoms with van der Waals surface area (Å²) in [5.74, 6) is 1.16. The van der Waals surface area contributed by atoms with E-state index in [2.05, 4.69) is 4.98 Å². The lowest BCUT2D eigenvalue weighted by Gasteiger charge is -2.29. The van der Waals surface area contributed by atoms with Crippen LogP contribution in [-0.4, -0.2) is 64.4 Å². The first-order valence-corrected chi connectivity index (χ1v) is 11.9. The molecule has 176 valence electrons. The molecule has 3 aromatic rings. The van der Waals surface area contributed by atoms with Crippen LogP contribution in [0.4, 0.5) is 0 Å². The van der Waals surface area contributed by atoms with E-state index in [4.69, 9.17) is 18.9 Å². The minimum atomic E-state index is -3.93. The molecule has 0 bridgehead atoms. The zero-order valence-corrected chi connectivity index (χ0v) is 19.3. The van der Waals surface area contributed by atoms with Gasteiger partial charge in [0.05, 0.1) is 50.6 Å². The van der Waals surface area contributed by atoms with E-state index in [0.717, 1.165) is 5.39 Å². The highest BCUT2D eigenvalue weighted by Crippen LogP contribution is 2.23. The summed E-state index contributed by atoms with van der Waals surface area (Å²) in [5, 5.41) is 0.768. The number of nitrogens with zero attached hydrogens (tertiary/aromatic N) is 1. The van der Waals surface area contributed by atoms with Crippen LogP contribution < -0.4 is 15.0 Å². The monoisotopic (exact) mass is 474 g/mol. The number of benzene rings is 2. The number of H-pyrrole nitrogens is 1. The van der Waals surface area contributed by atoms with E-state index in [1.165, 1.54) is 23.5 Å². The maximum atomic E-state index is 13.5. The van der Waals surface area contributed by atoms with Gasteiger partial charge in [-0.1, -0.05) is 0 Å². The Kier molecular flexibility index (Phi) is 6.99. The van der Waals surface area contributed by atoms with Crippen molar-refractivity contribution in [1.29, 1.82) is 0 Å². The van der Waals surface area contributed by atoms with Crippen LogP contribution in [0.5, 0.6) is 11.5 Å². The van der Waals surface area contributed by atoms with Crippen LogP contribution >= 0.6 is 0 Å². The van der Waals surface area contributed by atoms with Gasteiger partial charge in [0, 0.05) is 24.7 Å². The number of rotatable bonds is 8. The third-order valence-corrected chi connectivity index (χ3v) is 7.29. The van der Waals surface area contributed by atoms with E-state index in [1.54, 1.807) is 37.4 Å². The normalized spacial score (nSPS) is 16.8. The smallest absolute Gasteiger partial charge is 0.252 e. The third kappa shape index (κ3) is 5.19. The molecule has 0 saturated carbocycles. The SMILES string of the molecule is COc1ccc(S(=O)(=O)N(Cc2cc3ccc(OC)cc3[nH]c2=O)C[C@@H]2COCCO2)cc1. The van der Waals surface area contributed by atoms with Gasteiger partial charge in [-0.15, -0.1) is 0 Å². The Morgan fingerprint density at radius 2 is 1.76 bits per heavy atom. The van der Waals surface area contributed by atoms with Crippen molar-refractivity contribution in [1.82, 2.24) is 9.29 Å². The van der Waals surface area contributed by atoms with Crippen LogP contribution in [0.25, 0.3) is 10.9 Å². The predicted molar refractivity (Wildman–Crippen MR) is 122 cm³/mol. The van der Waals surface area contributed by atoms with Crippen molar-refractivity contribution in [2.24, 2.45) is 0 Å². The van der Waals surface area contributed by atoms with Crippen molar-refractivity contribution < 1.29 is 27.4 Å². The molecule has 10 heteroatoms. The Hall–Kier alpha value is -2.92. The summed E-state index contributed by atoms with van der Waals surface area (Å²) in [5.41, 5.74) is 0.560. The molecule has 4 rings (SSSR count). The molecule has 1 fully saturated rings. The van der Waals surface area contributed by atoms with E-state index in [0.29, 0.717) is 35.8 Å². The van der Waals surface area contributed by atoms with Gasteiger partial charge >= 0.3 is 0 Å². The number of sulfonamides is 1. The molecule has 0 unspecified atom stereocenters. The summed E-state index contributed by atoms with van der Waals surface area (Å²) in [6.07, 6.45) is -0.435. The van der Waals surface area contributed by atoms with Crippen LogP contribution in [0.3, 0.4) is 0 Å². The minimum absolute atomic E-state index is 0.0501. The second-order valence-corrected chi connectivity index (χ2v) is 9.56. The molecule has 1 aromatic heterocycles. The molecule has 1 aliphatic rings. The second-order valence-electron chi connectivity index (χ2n) is 7.62. The van der Waals surface area contributed by atoms with Gasteiger partial charge in [0.2, 0.25) is 10.0 Å². The van der Waals surface area contributed by atoms with Crippen LogP contribution in [0.15, 0.2) is 58.2 Å². The highest BCUT2D eigenvalue weighted by atomic mass is 32.2. The Balaban J connectivity index is 1.69. The van der Waals surface area contributed by atoms with Crippen LogP contribution in [0, 0.1) is 0 Å². The van der Waals surface area contributed by atoms with Crippen molar-refractivity contribution >= 4 is 20.9 Å². The molecule has 2 aromatic carbocycles. The number of ether oxygens (including phenoxy) is 4. The van der Waals surface area contributed by atoms with Gasteiger partial charge in [0.15, 0.2) is 0 Å². The van der Waals surface area contributed by atoms with Gasteiger partial charge in [-0.2, -0.15) is 4.31 Å². The highest BCUT2D eigenvalue weighted by Gasteiger charge is 2.30. The summed E-state index contributed by atoms with van der Waals surface area (Å²) in [7, 11) is -0.875. The number of hydrogen-bond acceptors (Lipinski definition) is 7. The molecule has 9 nitrogen and oxygen atoms in total. The van der Waals surface area contributed by atoms with E-state index in [-0.39, 0.29) is 30.2 Å². The standard InChI is InChI=1S/C23H26N2O7S/c1-29-18-5-7-21(8-6-18)33(27,28)25(14-20-15-31-9-10-32-20)13-17-11-16-3-4-19(30-2)12-22(16)24-23(17)26/h3-8,11-12,20H,9-10,13-15H2,1-2H3,(H,24,26)/t20-/m1/s1. The van der Waals surface area contributed by atoms with E-state index < -0.39 is 16.1 Å². The molecular formula is C23H26N2O7S. The summed E-state index contributed by atoms with van der Waals surface area (Å²) >= 11 is 0. The van der Waals surface area contributed by atoms with Crippen LogP contribution in [0.2, 0.25) is 0 Å². The van der Waals surface area contributed by atoms with Gasteiger partial charge in [-0.3, -0.25) is 4.79 Å². The maximum Gasteiger partial charge on any atom is 0.252 e. The molecule has 1 atom stereocenters. The molecule has 2 heterocycles. The highest BCUT2D eigenvalue weighted by molar-refractivity contribution is 7.89. The number of aromatic amines is 1. The van der Waals surface area contributed by atoms with Crippen molar-refractivity contribution in [2.45, 2.75) is 17.5 Å². The number of fused-ring (bicyclic) bond motifs is 1. The molecule has 1 saturated heterocycles. The molecule has 33 heavy (non-hydrogen) atoms. The van der Waals surface area contributed by atoms with Crippen LogP contribution in [0.1, 0.15) is 5.56 Å². The van der Waals surface area contributed by atoms with E-state index in [9.17, 15) is 13.2 Å². The van der Waals surface area contributed by atoms with Gasteiger partial charge in [0.25, 0.3) is 5.56 Å². The first-order chi connectivity index (χ1) is 15.9. The summed E-state index contributed by atoms with van der Waals surface area (Å²) in [6, 6.07) is 13.1. The second kappa shape index (κ2) is 9.92. The lowest BCUT2D eigenvalue weighted by Crippen LogP contribution is -2.43. The van der Waals surface area contributed by atoms with Crippen molar-refractivity contribution in [2.75, 3.05) is 40.6 Å². The molecule has 1 aliphatic heterocycles. The number of methoxy groups -OCH3 is 2. The maximum absolute atomic E-state index is 13.5. The average Bonchev–Trinajstić information content (AvgIpc) is 2.84. The summed E-state index contributed by atoms with van der Waals surface area (Å²) in [6.45, 7) is 1.07. The first-order valence-electron chi connectivity index (χ1n) is 10.4. The molecular weight excluding hydrogens is 448 g/mol. The summed E-state index contributed by atoms with van der Waals surface area (Å²) < 4.78 is 49.8. The molecule has 1 N–H and O–H groups in total. The number of nitrogens with one attached hydrogen (secondary N) is 1. The Morgan fingerprint density at radius 3 is 2.42 bits per heavy atom. The topological polar surface area (TPSA) is 107 Å².